The Morgan fingerprint density at radius 2 is 0.966 bits per heavy atom. The van der Waals surface area contributed by atoms with Gasteiger partial charge in [0, 0.05) is 13.0 Å². The van der Waals surface area contributed by atoms with Crippen LogP contribution in [0.3, 0.4) is 0 Å². The summed E-state index contributed by atoms with van der Waals surface area (Å²) < 4.78 is 33.4. The van der Waals surface area contributed by atoms with Crippen molar-refractivity contribution in [2.24, 2.45) is 0 Å². The monoisotopic (exact) mass is 851 g/mol. The number of carbonyl (C=O) groups excluding carboxylic acids is 1. The lowest BCUT2D eigenvalue weighted by Gasteiger charge is -2.20. The van der Waals surface area contributed by atoms with E-state index in [0.717, 1.165) is 83.5 Å². The van der Waals surface area contributed by atoms with E-state index in [9.17, 15) is 19.4 Å². The van der Waals surface area contributed by atoms with Gasteiger partial charge in [-0.1, -0.05) is 170 Å². The minimum Gasteiger partial charge on any atom is -0.457 e. The highest BCUT2D eigenvalue weighted by molar-refractivity contribution is 7.47. The zero-order valence-corrected chi connectivity index (χ0v) is 38.3. The summed E-state index contributed by atoms with van der Waals surface area (Å²) in [6.45, 7) is 3.35. The van der Waals surface area contributed by atoms with Gasteiger partial charge in [-0.25, -0.2) is 4.57 Å². The Balaban J connectivity index is 4.18. The molecule has 0 aliphatic carbocycles. The summed E-state index contributed by atoms with van der Waals surface area (Å²) in [4.78, 5) is 22.6. The molecule has 0 amide bonds. The van der Waals surface area contributed by atoms with Gasteiger partial charge in [0.25, 0.3) is 0 Å². The van der Waals surface area contributed by atoms with Crippen molar-refractivity contribution in [3.8, 4) is 0 Å². The summed E-state index contributed by atoms with van der Waals surface area (Å²) in [5.74, 6) is -0.397. The van der Waals surface area contributed by atoms with Crippen LogP contribution >= 0.6 is 7.82 Å². The Labute approximate surface area is 361 Å². The van der Waals surface area contributed by atoms with Crippen LogP contribution < -0.4 is 0 Å². The number of unbranched alkanes of at least 4 members (excludes halogenated alkanes) is 18. The fraction of sp³-hybridized carbons (Fsp3) is 0.735. The van der Waals surface area contributed by atoms with Crippen molar-refractivity contribution in [3.05, 3.63) is 72.9 Å². The smallest absolute Gasteiger partial charge is 0.457 e. The summed E-state index contributed by atoms with van der Waals surface area (Å²) in [5.41, 5.74) is 0. The molecule has 3 atom stereocenters. The topological polar surface area (TPSA) is 132 Å². The molecule has 9 nitrogen and oxygen atoms in total. The first-order valence-corrected chi connectivity index (χ1v) is 24.9. The third-order valence-corrected chi connectivity index (χ3v) is 10.6. The van der Waals surface area contributed by atoms with Gasteiger partial charge in [-0.05, 0) is 83.5 Å². The molecule has 0 saturated heterocycles. The maximum Gasteiger partial charge on any atom is 0.472 e. The van der Waals surface area contributed by atoms with Gasteiger partial charge in [0.15, 0.2) is 0 Å². The number of allylic oxidation sites excluding steroid dienone is 12. The Kier molecular flexibility index (Phi) is 43.8. The number of carbonyl (C=O) groups is 1. The molecule has 0 aromatic heterocycles. The first-order valence-electron chi connectivity index (χ1n) is 23.4. The molecule has 0 radical (unpaired) electrons. The first kappa shape index (κ1) is 56.9. The van der Waals surface area contributed by atoms with Gasteiger partial charge in [-0.3, -0.25) is 13.8 Å². The molecule has 0 aliphatic heterocycles. The molecule has 3 unspecified atom stereocenters. The van der Waals surface area contributed by atoms with Crippen molar-refractivity contribution in [2.75, 3.05) is 33.0 Å². The zero-order chi connectivity index (χ0) is 43.2. The molecule has 0 fully saturated rings. The highest BCUT2D eigenvalue weighted by Gasteiger charge is 2.26. The van der Waals surface area contributed by atoms with Crippen LogP contribution in [0.2, 0.25) is 0 Å². The standard InChI is InChI=1S/C49H87O9P/c1-3-5-7-9-11-13-15-17-19-21-23-24-26-28-30-32-34-36-38-40-42-55-45-48(46-57-59(53,54)56-44-47(51)43-50)58-49(52)41-39-37-35-33-31-29-27-25-22-20-18-16-14-12-10-8-6-4-2/h5,7,11,13-14,16-17,19-20,22-24,47-48,50-51H,3-4,6,8-10,12,15,18,21,25-46H2,1-2H3,(H,53,54)/b7-5-,13-11-,16-14-,19-17-,22-20-,24-23-. The highest BCUT2D eigenvalue weighted by atomic mass is 31.2. The van der Waals surface area contributed by atoms with Crippen molar-refractivity contribution < 1.29 is 43.0 Å². The third kappa shape index (κ3) is 45.3. The zero-order valence-electron chi connectivity index (χ0n) is 37.4. The molecule has 59 heavy (non-hydrogen) atoms. The lowest BCUT2D eigenvalue weighted by Crippen LogP contribution is -2.29. The van der Waals surface area contributed by atoms with E-state index < -0.39 is 39.2 Å². The Hall–Kier alpha value is -2.10. The molecule has 0 aromatic rings. The van der Waals surface area contributed by atoms with Crippen LogP contribution in [0.15, 0.2) is 72.9 Å². The quantitative estimate of drug-likeness (QED) is 0.0237. The summed E-state index contributed by atoms with van der Waals surface area (Å²) >= 11 is 0. The number of rotatable bonds is 44. The summed E-state index contributed by atoms with van der Waals surface area (Å²) in [7, 11) is -4.53. The van der Waals surface area contributed by atoms with Crippen LogP contribution in [0.5, 0.6) is 0 Å². The Morgan fingerprint density at radius 3 is 1.46 bits per heavy atom. The SMILES string of the molecule is CC/C=C\C/C=C\C/C=C\C/C=C\CCCCCCCCCOCC(COP(=O)(O)OCC(O)CO)OC(=O)CCCCCCCCC/C=C\C/C=C\CCCCCC. The number of phosphoric acid groups is 1. The molecular weight excluding hydrogens is 764 g/mol. The maximum atomic E-state index is 12.6. The number of aliphatic hydroxyl groups is 2. The van der Waals surface area contributed by atoms with Crippen molar-refractivity contribution in [2.45, 2.75) is 199 Å². The van der Waals surface area contributed by atoms with Crippen LogP contribution in [-0.4, -0.2) is 66.3 Å². The summed E-state index contributed by atoms with van der Waals surface area (Å²) in [6, 6.07) is 0. The predicted octanol–water partition coefficient (Wildman–Crippen LogP) is 13.3. The minimum absolute atomic E-state index is 0.0350. The molecule has 0 aliphatic rings. The van der Waals surface area contributed by atoms with Crippen molar-refractivity contribution in [1.82, 2.24) is 0 Å². The van der Waals surface area contributed by atoms with E-state index >= 15 is 0 Å². The van der Waals surface area contributed by atoms with Crippen LogP contribution in [0.4, 0.5) is 0 Å². The molecule has 0 heterocycles. The van der Waals surface area contributed by atoms with Gasteiger partial charge in [-0.2, -0.15) is 0 Å². The van der Waals surface area contributed by atoms with Crippen LogP contribution in [0.1, 0.15) is 187 Å². The van der Waals surface area contributed by atoms with Gasteiger partial charge < -0.3 is 24.6 Å². The maximum absolute atomic E-state index is 12.6. The summed E-state index contributed by atoms with van der Waals surface area (Å²) in [5, 5.41) is 18.4. The van der Waals surface area contributed by atoms with E-state index in [1.54, 1.807) is 0 Å². The number of hydrogen-bond acceptors (Lipinski definition) is 8. The van der Waals surface area contributed by atoms with E-state index in [1.165, 1.54) is 77.0 Å². The number of aliphatic hydroxyl groups excluding tert-OH is 2. The molecule has 0 bridgehead atoms. The minimum atomic E-state index is -4.53. The van der Waals surface area contributed by atoms with Gasteiger partial charge >= 0.3 is 13.8 Å². The molecule has 3 N–H and O–H groups in total. The van der Waals surface area contributed by atoms with E-state index in [0.29, 0.717) is 13.0 Å². The van der Waals surface area contributed by atoms with Crippen molar-refractivity contribution in [3.63, 3.8) is 0 Å². The summed E-state index contributed by atoms with van der Waals surface area (Å²) in [6.07, 6.45) is 54.3. The van der Waals surface area contributed by atoms with Gasteiger partial charge in [0.1, 0.15) is 12.2 Å². The van der Waals surface area contributed by atoms with Gasteiger partial charge in [-0.15, -0.1) is 0 Å². The van der Waals surface area contributed by atoms with E-state index in [2.05, 4.69) is 86.8 Å². The van der Waals surface area contributed by atoms with E-state index in [-0.39, 0.29) is 19.6 Å². The first-order chi connectivity index (χ1) is 28.8. The highest BCUT2D eigenvalue weighted by Crippen LogP contribution is 2.43. The van der Waals surface area contributed by atoms with Gasteiger partial charge in [0.2, 0.25) is 0 Å². The average molecular weight is 851 g/mol. The molecule has 0 spiro atoms. The lowest BCUT2D eigenvalue weighted by molar-refractivity contribution is -0.154. The molecule has 342 valence electrons. The molecule has 0 rings (SSSR count). The Morgan fingerprint density at radius 1 is 0.542 bits per heavy atom. The van der Waals surface area contributed by atoms with Gasteiger partial charge in [0.05, 0.1) is 26.4 Å². The number of hydrogen-bond donors (Lipinski definition) is 3. The third-order valence-electron chi connectivity index (χ3n) is 9.63. The van der Waals surface area contributed by atoms with Crippen LogP contribution in [-0.2, 0) is 27.9 Å². The normalized spacial score (nSPS) is 14.6. The van der Waals surface area contributed by atoms with Crippen LogP contribution in [0, 0.1) is 0 Å². The average Bonchev–Trinajstić information content (AvgIpc) is 3.23. The van der Waals surface area contributed by atoms with Crippen molar-refractivity contribution >= 4 is 13.8 Å². The molecular formula is C49H87O9P. The second kappa shape index (κ2) is 45.4. The predicted molar refractivity (Wildman–Crippen MR) is 246 cm³/mol. The van der Waals surface area contributed by atoms with E-state index in [1.807, 2.05) is 0 Å². The van der Waals surface area contributed by atoms with Crippen LogP contribution in [0.25, 0.3) is 0 Å². The fourth-order valence-electron chi connectivity index (χ4n) is 6.08. The van der Waals surface area contributed by atoms with Crippen molar-refractivity contribution in [1.29, 1.82) is 0 Å². The molecule has 10 heteroatoms. The largest absolute Gasteiger partial charge is 0.472 e. The molecule has 0 aromatic carbocycles. The number of ether oxygens (including phenoxy) is 2. The Bertz CT molecular complexity index is 1150. The number of esters is 1. The fourth-order valence-corrected chi connectivity index (χ4v) is 6.87. The van der Waals surface area contributed by atoms with E-state index in [4.69, 9.17) is 23.6 Å². The number of phosphoric ester groups is 1. The molecule has 0 saturated carbocycles. The second-order valence-electron chi connectivity index (χ2n) is 15.4. The second-order valence-corrected chi connectivity index (χ2v) is 16.8. The lowest BCUT2D eigenvalue weighted by atomic mass is 10.1.